The van der Waals surface area contributed by atoms with Crippen molar-refractivity contribution in [2.24, 2.45) is 0 Å². The van der Waals surface area contributed by atoms with Crippen molar-refractivity contribution in [2.45, 2.75) is 25.1 Å². The van der Waals surface area contributed by atoms with Crippen LogP contribution in [-0.4, -0.2) is 44.3 Å². The van der Waals surface area contributed by atoms with Crippen LogP contribution in [0.3, 0.4) is 0 Å². The van der Waals surface area contributed by atoms with E-state index in [4.69, 9.17) is 14.2 Å². The summed E-state index contributed by atoms with van der Waals surface area (Å²) < 4.78 is 70.0. The van der Waals surface area contributed by atoms with Gasteiger partial charge in [0.15, 0.2) is 11.6 Å². The molecule has 2 aromatic carbocycles. The lowest BCUT2D eigenvalue weighted by atomic mass is 9.97. The number of nitrogens with zero attached hydrogens (tertiary/aromatic N) is 1. The van der Waals surface area contributed by atoms with Gasteiger partial charge >= 0.3 is 6.18 Å². The van der Waals surface area contributed by atoms with Gasteiger partial charge in [0.2, 0.25) is 5.91 Å². The smallest absolute Gasteiger partial charge is 0.416 e. The quantitative estimate of drug-likeness (QED) is 0.264. The number of anilines is 1. The maximum absolute atomic E-state index is 14.8. The number of hydrogen-bond donors (Lipinski definition) is 2. The SMILES string of the molecule is COC1=Cc2nccc(Oc3ccc(NC(=O)CNCCc4cccc(C(F)(F)F)c4)cc3F)c2CC1OC. The van der Waals surface area contributed by atoms with Crippen molar-refractivity contribution in [3.63, 3.8) is 0 Å². The third-order valence-corrected chi connectivity index (χ3v) is 6.12. The van der Waals surface area contributed by atoms with Crippen LogP contribution in [0.15, 0.2) is 60.5 Å². The van der Waals surface area contributed by atoms with Crippen LogP contribution >= 0.6 is 0 Å². The summed E-state index contributed by atoms with van der Waals surface area (Å²) in [5.41, 5.74) is 1.40. The van der Waals surface area contributed by atoms with Crippen molar-refractivity contribution in [1.29, 1.82) is 0 Å². The Hall–Kier alpha value is -3.96. The molecule has 1 atom stereocenters. The first-order chi connectivity index (χ1) is 18.7. The van der Waals surface area contributed by atoms with Crippen molar-refractivity contribution in [3.8, 4) is 11.5 Å². The highest BCUT2D eigenvalue weighted by Crippen LogP contribution is 2.35. The van der Waals surface area contributed by atoms with E-state index in [2.05, 4.69) is 15.6 Å². The van der Waals surface area contributed by atoms with Gasteiger partial charge in [0.25, 0.3) is 0 Å². The molecule has 0 aliphatic heterocycles. The molecule has 1 unspecified atom stereocenters. The zero-order chi connectivity index (χ0) is 28.0. The van der Waals surface area contributed by atoms with E-state index in [0.717, 1.165) is 23.8 Å². The lowest BCUT2D eigenvalue weighted by Gasteiger charge is -2.24. The fourth-order valence-corrected chi connectivity index (χ4v) is 4.14. The molecule has 0 saturated heterocycles. The number of carbonyl (C=O) groups excluding carboxylic acids is 1. The second-order valence-corrected chi connectivity index (χ2v) is 8.77. The molecule has 4 rings (SSSR count). The number of fused-ring (bicyclic) bond motifs is 1. The summed E-state index contributed by atoms with van der Waals surface area (Å²) >= 11 is 0. The van der Waals surface area contributed by atoms with Crippen LogP contribution in [0.2, 0.25) is 0 Å². The number of methoxy groups -OCH3 is 2. The number of rotatable bonds is 10. The van der Waals surface area contributed by atoms with Crippen molar-refractivity contribution in [3.05, 3.63) is 88.7 Å². The fourth-order valence-electron chi connectivity index (χ4n) is 4.14. The van der Waals surface area contributed by atoms with Gasteiger partial charge in [0.1, 0.15) is 17.6 Å². The normalized spacial score (nSPS) is 14.8. The summed E-state index contributed by atoms with van der Waals surface area (Å²) in [6.07, 6.45) is -0.680. The van der Waals surface area contributed by atoms with Crippen LogP contribution in [-0.2, 0) is 33.3 Å². The standard InChI is InChI=1S/C28H27F4N3O4/c1-37-25-14-20-22(15-26(25)38-2)34-11-9-23(20)39-24-7-6-19(13-21(24)29)35-27(36)16-33-10-8-17-4-3-5-18(12-17)28(30,31)32/h3-7,9,11-13,15,25,33H,8,10,14,16H2,1-2H3,(H,35,36). The minimum Gasteiger partial charge on any atom is -0.498 e. The number of hydrogen-bond acceptors (Lipinski definition) is 6. The number of ether oxygens (including phenoxy) is 3. The Morgan fingerprint density at radius 2 is 1.92 bits per heavy atom. The predicted molar refractivity (Wildman–Crippen MR) is 137 cm³/mol. The number of amides is 1. The summed E-state index contributed by atoms with van der Waals surface area (Å²) in [5, 5.41) is 5.46. The van der Waals surface area contributed by atoms with Crippen molar-refractivity contribution in [1.82, 2.24) is 10.3 Å². The van der Waals surface area contributed by atoms with Gasteiger partial charge in [-0.15, -0.1) is 0 Å². The fraction of sp³-hybridized carbons (Fsp3) is 0.286. The first-order valence-electron chi connectivity index (χ1n) is 12.1. The summed E-state index contributed by atoms with van der Waals surface area (Å²) in [7, 11) is 3.12. The highest BCUT2D eigenvalue weighted by Gasteiger charge is 2.30. The number of aromatic nitrogens is 1. The third kappa shape index (κ3) is 7.12. The second kappa shape index (κ2) is 12.3. The largest absolute Gasteiger partial charge is 0.498 e. The van der Waals surface area contributed by atoms with Gasteiger partial charge in [-0.2, -0.15) is 13.2 Å². The minimum atomic E-state index is -4.41. The molecule has 1 amide bonds. The molecular weight excluding hydrogens is 518 g/mol. The number of benzene rings is 2. The Balaban J connectivity index is 1.32. The maximum atomic E-state index is 14.8. The number of alkyl halides is 3. The molecule has 39 heavy (non-hydrogen) atoms. The van der Waals surface area contributed by atoms with Crippen molar-refractivity contribution in [2.75, 3.05) is 32.6 Å². The first kappa shape index (κ1) is 28.1. The monoisotopic (exact) mass is 545 g/mol. The number of pyridine rings is 1. The molecule has 0 fully saturated rings. The van der Waals surface area contributed by atoms with Gasteiger partial charge in [-0.05, 0) is 42.8 Å². The van der Waals surface area contributed by atoms with E-state index in [-0.39, 0.29) is 30.6 Å². The van der Waals surface area contributed by atoms with E-state index in [1.807, 2.05) is 0 Å². The minimum absolute atomic E-state index is 0.0314. The molecule has 11 heteroatoms. The molecule has 0 radical (unpaired) electrons. The van der Waals surface area contributed by atoms with Gasteiger partial charge in [-0.3, -0.25) is 9.78 Å². The lowest BCUT2D eigenvalue weighted by molar-refractivity contribution is -0.137. The van der Waals surface area contributed by atoms with Gasteiger partial charge in [0, 0.05) is 43.1 Å². The molecule has 206 valence electrons. The van der Waals surface area contributed by atoms with Gasteiger partial charge < -0.3 is 24.8 Å². The topological polar surface area (TPSA) is 81.7 Å². The highest BCUT2D eigenvalue weighted by molar-refractivity contribution is 5.92. The molecule has 1 aliphatic rings. The Morgan fingerprint density at radius 3 is 2.64 bits per heavy atom. The van der Waals surface area contributed by atoms with Gasteiger partial charge in [-0.1, -0.05) is 18.2 Å². The second-order valence-electron chi connectivity index (χ2n) is 8.77. The van der Waals surface area contributed by atoms with Crippen LogP contribution in [0.25, 0.3) is 6.08 Å². The van der Waals surface area contributed by atoms with Crippen molar-refractivity contribution < 1.29 is 36.6 Å². The Morgan fingerprint density at radius 1 is 1.10 bits per heavy atom. The Labute approximate surface area is 222 Å². The summed E-state index contributed by atoms with van der Waals surface area (Å²) in [4.78, 5) is 16.6. The van der Waals surface area contributed by atoms with E-state index in [0.29, 0.717) is 35.6 Å². The van der Waals surface area contributed by atoms with E-state index in [9.17, 15) is 22.4 Å². The Kier molecular flexibility index (Phi) is 8.82. The van der Waals surface area contributed by atoms with E-state index < -0.39 is 23.5 Å². The number of carbonyl (C=O) groups is 1. The van der Waals surface area contributed by atoms with E-state index in [1.165, 1.54) is 18.2 Å². The molecule has 1 aliphatic carbocycles. The lowest BCUT2D eigenvalue weighted by Crippen LogP contribution is -2.29. The molecule has 0 bridgehead atoms. The van der Waals surface area contributed by atoms with Gasteiger partial charge in [-0.25, -0.2) is 4.39 Å². The molecule has 3 aromatic rings. The van der Waals surface area contributed by atoms with Crippen LogP contribution in [0, 0.1) is 5.82 Å². The molecular formula is C28H27F4N3O4. The van der Waals surface area contributed by atoms with Crippen LogP contribution in [0.4, 0.5) is 23.2 Å². The first-order valence-corrected chi connectivity index (χ1v) is 12.1. The van der Waals surface area contributed by atoms with Gasteiger partial charge in [0.05, 0.1) is 24.9 Å². The number of nitrogens with one attached hydrogen (secondary N) is 2. The van der Waals surface area contributed by atoms with Crippen molar-refractivity contribution >= 4 is 17.7 Å². The molecule has 0 saturated carbocycles. The zero-order valence-corrected chi connectivity index (χ0v) is 21.3. The predicted octanol–water partition coefficient (Wildman–Crippen LogP) is 5.36. The van der Waals surface area contributed by atoms with Crippen LogP contribution in [0.5, 0.6) is 11.5 Å². The Bertz CT molecular complexity index is 1360. The van der Waals surface area contributed by atoms with Crippen LogP contribution in [0.1, 0.15) is 22.4 Å². The molecule has 2 N–H and O–H groups in total. The molecule has 7 nitrogen and oxygen atoms in total. The molecule has 1 aromatic heterocycles. The summed E-state index contributed by atoms with van der Waals surface area (Å²) in [5.74, 6) is -0.0824. The summed E-state index contributed by atoms with van der Waals surface area (Å²) in [6.45, 7) is 0.191. The third-order valence-electron chi connectivity index (χ3n) is 6.12. The number of halogens is 4. The maximum Gasteiger partial charge on any atom is 0.416 e. The zero-order valence-electron chi connectivity index (χ0n) is 21.3. The van der Waals surface area contributed by atoms with E-state index in [1.54, 1.807) is 38.6 Å². The van der Waals surface area contributed by atoms with Crippen LogP contribution < -0.4 is 15.4 Å². The molecule has 1 heterocycles. The average molecular weight is 546 g/mol. The molecule has 0 spiro atoms. The highest BCUT2D eigenvalue weighted by atomic mass is 19.4. The average Bonchev–Trinajstić information content (AvgIpc) is 2.91. The summed E-state index contributed by atoms with van der Waals surface area (Å²) in [6, 6.07) is 10.7. The van der Waals surface area contributed by atoms with E-state index >= 15 is 0 Å².